The standard InChI is InChI=1S/C31H21N3/c1-3-9-22(10-4-1)23-15-18-30(32-21-23)33-20-19-26-27(33)16-17-29-31(26)25-13-7-8-14-28(25)34(29)24-11-5-2-6-12-24/h1-21H. The van der Waals surface area contributed by atoms with Crippen LogP contribution in [-0.2, 0) is 0 Å². The van der Waals surface area contributed by atoms with Crippen LogP contribution in [0, 0.1) is 0 Å². The molecule has 7 aromatic rings. The fourth-order valence-corrected chi connectivity index (χ4v) is 5.07. The van der Waals surface area contributed by atoms with Crippen LogP contribution in [-0.4, -0.2) is 14.1 Å². The number of nitrogens with zero attached hydrogens (tertiary/aromatic N) is 3. The van der Waals surface area contributed by atoms with Crippen LogP contribution in [0.15, 0.2) is 128 Å². The molecule has 4 aromatic carbocycles. The van der Waals surface area contributed by atoms with Crippen LogP contribution in [0.25, 0.3) is 55.3 Å². The van der Waals surface area contributed by atoms with E-state index in [1.165, 1.54) is 38.4 Å². The average Bonchev–Trinajstić information content (AvgIpc) is 3.49. The smallest absolute Gasteiger partial charge is 0.137 e. The first-order chi connectivity index (χ1) is 16.9. The fraction of sp³-hybridized carbons (Fsp3) is 0. The maximum absolute atomic E-state index is 4.80. The number of hydrogen-bond acceptors (Lipinski definition) is 1. The summed E-state index contributed by atoms with van der Waals surface area (Å²) in [4.78, 5) is 4.80. The highest BCUT2D eigenvalue weighted by atomic mass is 15.1. The first kappa shape index (κ1) is 18.9. The zero-order valence-corrected chi connectivity index (χ0v) is 18.5. The SMILES string of the molecule is c1ccc(-c2ccc(-n3ccc4c5c6ccccc6n(-c6ccccc6)c5ccc43)nc2)cc1. The van der Waals surface area contributed by atoms with Gasteiger partial charge in [-0.25, -0.2) is 4.98 Å². The summed E-state index contributed by atoms with van der Waals surface area (Å²) in [5, 5.41) is 3.77. The number of hydrogen-bond donors (Lipinski definition) is 0. The zero-order valence-electron chi connectivity index (χ0n) is 18.5. The predicted molar refractivity (Wildman–Crippen MR) is 141 cm³/mol. The Hall–Kier alpha value is -4.63. The first-order valence-electron chi connectivity index (χ1n) is 11.5. The van der Waals surface area contributed by atoms with Crippen LogP contribution >= 0.6 is 0 Å². The van der Waals surface area contributed by atoms with E-state index in [1.807, 2.05) is 12.3 Å². The zero-order chi connectivity index (χ0) is 22.5. The van der Waals surface area contributed by atoms with Crippen molar-refractivity contribution in [1.29, 1.82) is 0 Å². The van der Waals surface area contributed by atoms with Crippen LogP contribution in [0.3, 0.4) is 0 Å². The molecule has 0 fully saturated rings. The van der Waals surface area contributed by atoms with E-state index >= 15 is 0 Å². The monoisotopic (exact) mass is 435 g/mol. The Labute approximate surface area is 197 Å². The Morgan fingerprint density at radius 3 is 2.00 bits per heavy atom. The third-order valence-electron chi connectivity index (χ3n) is 6.62. The van der Waals surface area contributed by atoms with Gasteiger partial charge in [0.2, 0.25) is 0 Å². The lowest BCUT2D eigenvalue weighted by Crippen LogP contribution is -1.96. The van der Waals surface area contributed by atoms with Gasteiger partial charge < -0.3 is 9.13 Å². The van der Waals surface area contributed by atoms with E-state index in [0.29, 0.717) is 0 Å². The van der Waals surface area contributed by atoms with E-state index in [2.05, 4.69) is 125 Å². The van der Waals surface area contributed by atoms with Crippen molar-refractivity contribution in [2.24, 2.45) is 0 Å². The quantitative estimate of drug-likeness (QED) is 0.278. The van der Waals surface area contributed by atoms with Crippen molar-refractivity contribution >= 4 is 32.7 Å². The molecule has 0 saturated carbocycles. The molecule has 0 unspecified atom stereocenters. The summed E-state index contributed by atoms with van der Waals surface area (Å²) >= 11 is 0. The van der Waals surface area contributed by atoms with Crippen molar-refractivity contribution in [3.63, 3.8) is 0 Å². The number of rotatable bonds is 3. The Balaban J connectivity index is 1.44. The lowest BCUT2D eigenvalue weighted by molar-refractivity contribution is 1.04. The molecule has 0 spiro atoms. The van der Waals surface area contributed by atoms with Gasteiger partial charge in [-0.05, 0) is 54.1 Å². The number of aromatic nitrogens is 3. The van der Waals surface area contributed by atoms with Gasteiger partial charge in [0.1, 0.15) is 5.82 Å². The second-order valence-corrected chi connectivity index (χ2v) is 8.54. The first-order valence-corrected chi connectivity index (χ1v) is 11.5. The minimum atomic E-state index is 0.917. The van der Waals surface area contributed by atoms with E-state index in [4.69, 9.17) is 4.98 Å². The number of pyridine rings is 1. The molecular formula is C31H21N3. The molecule has 0 aliphatic heterocycles. The van der Waals surface area contributed by atoms with Gasteiger partial charge in [-0.15, -0.1) is 0 Å². The molecule has 34 heavy (non-hydrogen) atoms. The highest BCUT2D eigenvalue weighted by Crippen LogP contribution is 2.37. The molecule has 3 nitrogen and oxygen atoms in total. The Morgan fingerprint density at radius 2 is 1.21 bits per heavy atom. The van der Waals surface area contributed by atoms with Gasteiger partial charge in [0.05, 0.1) is 16.6 Å². The molecule has 0 aliphatic carbocycles. The molecule has 7 rings (SSSR count). The van der Waals surface area contributed by atoms with Gasteiger partial charge in [0.25, 0.3) is 0 Å². The van der Waals surface area contributed by atoms with Crippen molar-refractivity contribution in [1.82, 2.24) is 14.1 Å². The Bertz CT molecular complexity index is 1770. The molecule has 3 heteroatoms. The second-order valence-electron chi connectivity index (χ2n) is 8.54. The van der Waals surface area contributed by atoms with E-state index < -0.39 is 0 Å². The fourth-order valence-electron chi connectivity index (χ4n) is 5.07. The highest BCUT2D eigenvalue weighted by Gasteiger charge is 2.16. The maximum atomic E-state index is 4.80. The van der Waals surface area contributed by atoms with Crippen LogP contribution in [0.5, 0.6) is 0 Å². The minimum absolute atomic E-state index is 0.917. The van der Waals surface area contributed by atoms with Crippen molar-refractivity contribution in [2.45, 2.75) is 0 Å². The average molecular weight is 436 g/mol. The summed E-state index contributed by atoms with van der Waals surface area (Å²) in [6.07, 6.45) is 4.08. The number of para-hydroxylation sites is 2. The van der Waals surface area contributed by atoms with E-state index in [-0.39, 0.29) is 0 Å². The van der Waals surface area contributed by atoms with Gasteiger partial charge in [-0.1, -0.05) is 66.7 Å². The maximum Gasteiger partial charge on any atom is 0.137 e. The lowest BCUT2D eigenvalue weighted by atomic mass is 10.1. The van der Waals surface area contributed by atoms with Crippen LogP contribution in [0.2, 0.25) is 0 Å². The molecule has 0 radical (unpaired) electrons. The van der Waals surface area contributed by atoms with Gasteiger partial charge in [-0.3, -0.25) is 0 Å². The molecule has 3 heterocycles. The van der Waals surface area contributed by atoms with Gasteiger partial charge >= 0.3 is 0 Å². The molecular weight excluding hydrogens is 414 g/mol. The van der Waals surface area contributed by atoms with E-state index in [1.54, 1.807) is 0 Å². The van der Waals surface area contributed by atoms with Crippen molar-refractivity contribution < 1.29 is 0 Å². The molecule has 0 bridgehead atoms. The van der Waals surface area contributed by atoms with Crippen LogP contribution < -0.4 is 0 Å². The molecule has 0 N–H and O–H groups in total. The molecule has 0 aliphatic rings. The van der Waals surface area contributed by atoms with E-state index in [9.17, 15) is 0 Å². The predicted octanol–water partition coefficient (Wildman–Crippen LogP) is 7.79. The van der Waals surface area contributed by atoms with Gasteiger partial charge in [-0.2, -0.15) is 0 Å². The Kier molecular flexibility index (Phi) is 4.15. The molecule has 0 amide bonds. The third-order valence-corrected chi connectivity index (χ3v) is 6.62. The topological polar surface area (TPSA) is 22.8 Å². The van der Waals surface area contributed by atoms with Crippen molar-refractivity contribution in [2.75, 3.05) is 0 Å². The summed E-state index contributed by atoms with van der Waals surface area (Å²) in [7, 11) is 0. The summed E-state index contributed by atoms with van der Waals surface area (Å²) in [5.74, 6) is 0.917. The molecule has 0 atom stereocenters. The Morgan fingerprint density at radius 1 is 0.500 bits per heavy atom. The number of fused-ring (bicyclic) bond motifs is 5. The molecule has 0 saturated heterocycles. The van der Waals surface area contributed by atoms with Gasteiger partial charge in [0.15, 0.2) is 0 Å². The molecule has 3 aromatic heterocycles. The summed E-state index contributed by atoms with van der Waals surface area (Å²) in [6.45, 7) is 0. The highest BCUT2D eigenvalue weighted by molar-refractivity contribution is 6.21. The van der Waals surface area contributed by atoms with Crippen molar-refractivity contribution in [3.8, 4) is 22.6 Å². The largest absolute Gasteiger partial charge is 0.309 e. The molecule has 160 valence electrons. The van der Waals surface area contributed by atoms with Crippen LogP contribution in [0.1, 0.15) is 0 Å². The summed E-state index contributed by atoms with van der Waals surface area (Å²) in [5.41, 5.74) is 7.05. The summed E-state index contributed by atoms with van der Waals surface area (Å²) in [6, 6.07) is 40.5. The third kappa shape index (κ3) is 2.81. The lowest BCUT2D eigenvalue weighted by Gasteiger charge is -2.08. The second kappa shape index (κ2) is 7.46. The number of benzene rings is 4. The van der Waals surface area contributed by atoms with E-state index in [0.717, 1.165) is 16.9 Å². The van der Waals surface area contributed by atoms with Crippen LogP contribution in [0.4, 0.5) is 0 Å². The van der Waals surface area contributed by atoms with Gasteiger partial charge in [0, 0.05) is 39.8 Å². The normalized spacial score (nSPS) is 11.5. The van der Waals surface area contributed by atoms with Crippen molar-refractivity contribution in [3.05, 3.63) is 128 Å². The summed E-state index contributed by atoms with van der Waals surface area (Å²) < 4.78 is 4.53. The minimum Gasteiger partial charge on any atom is -0.309 e.